The van der Waals surface area contributed by atoms with Gasteiger partial charge in [0.2, 0.25) is 5.91 Å². The molecule has 3 amide bonds. The number of methoxy groups -OCH3 is 1. The third-order valence-corrected chi connectivity index (χ3v) is 5.21. The minimum absolute atomic E-state index is 0.0883. The second-order valence-corrected chi connectivity index (χ2v) is 7.11. The van der Waals surface area contributed by atoms with Crippen LogP contribution in [0.4, 0.5) is 10.5 Å². The molecule has 0 aliphatic carbocycles. The molecular weight excluding hydrogens is 410 g/mol. The fourth-order valence-corrected chi connectivity index (χ4v) is 3.71. The number of halogens is 1. The van der Waals surface area contributed by atoms with Crippen LogP contribution in [0.25, 0.3) is 0 Å². The molecule has 0 radical (unpaired) electrons. The number of hydrogen-bond acceptors (Lipinski definition) is 5. The molecule has 0 unspecified atom stereocenters. The Kier molecular flexibility index (Phi) is 5.33. The van der Waals surface area contributed by atoms with Crippen molar-refractivity contribution in [1.29, 1.82) is 0 Å². The highest BCUT2D eigenvalue weighted by molar-refractivity contribution is 6.31. The van der Waals surface area contributed by atoms with E-state index in [1.165, 1.54) is 12.0 Å². The van der Waals surface area contributed by atoms with Crippen molar-refractivity contribution in [2.24, 2.45) is 0 Å². The van der Waals surface area contributed by atoms with Gasteiger partial charge in [0.05, 0.1) is 24.4 Å². The predicted molar refractivity (Wildman–Crippen MR) is 109 cm³/mol. The van der Waals surface area contributed by atoms with Gasteiger partial charge < -0.3 is 20.1 Å². The summed E-state index contributed by atoms with van der Waals surface area (Å²) in [5.74, 6) is -0.389. The molecule has 0 saturated carbocycles. The van der Waals surface area contributed by atoms with Crippen LogP contribution in [0.5, 0.6) is 5.75 Å². The zero-order chi connectivity index (χ0) is 21.3. The van der Waals surface area contributed by atoms with Crippen molar-refractivity contribution >= 4 is 35.2 Å². The Morgan fingerprint density at radius 1 is 1.27 bits per heavy atom. The maximum atomic E-state index is 12.8. The number of benzene rings is 2. The van der Waals surface area contributed by atoms with Gasteiger partial charge in [0.25, 0.3) is 0 Å². The van der Waals surface area contributed by atoms with Crippen molar-refractivity contribution in [2.45, 2.75) is 6.04 Å². The molecule has 2 heterocycles. The molecule has 0 saturated heterocycles. The van der Waals surface area contributed by atoms with Gasteiger partial charge in [-0.2, -0.15) is 0 Å². The fraction of sp³-hybridized carbons (Fsp3) is 0.190. The van der Waals surface area contributed by atoms with Crippen LogP contribution in [0.1, 0.15) is 11.6 Å². The van der Waals surface area contributed by atoms with Crippen LogP contribution in [0, 0.1) is 0 Å². The zero-order valence-corrected chi connectivity index (χ0v) is 16.7. The smallest absolute Gasteiger partial charge is 0.338 e. The highest BCUT2D eigenvalue weighted by Crippen LogP contribution is 2.37. The van der Waals surface area contributed by atoms with Gasteiger partial charge in [0.1, 0.15) is 18.9 Å². The number of nitrogens with one attached hydrogen (secondary N) is 2. The average Bonchev–Trinajstić information content (AvgIpc) is 3.12. The second kappa shape index (κ2) is 8.08. The molecule has 0 bridgehead atoms. The summed E-state index contributed by atoms with van der Waals surface area (Å²) in [7, 11) is 1.53. The predicted octanol–water partition coefficient (Wildman–Crippen LogP) is 2.86. The van der Waals surface area contributed by atoms with E-state index < -0.39 is 23.9 Å². The van der Waals surface area contributed by atoms with Crippen molar-refractivity contribution < 1.29 is 23.9 Å². The number of cyclic esters (lactones) is 1. The summed E-state index contributed by atoms with van der Waals surface area (Å²) >= 11 is 6.27. The Bertz CT molecular complexity index is 1070. The van der Waals surface area contributed by atoms with Crippen LogP contribution in [0.15, 0.2) is 59.8 Å². The molecule has 154 valence electrons. The molecule has 30 heavy (non-hydrogen) atoms. The van der Waals surface area contributed by atoms with E-state index in [2.05, 4.69) is 10.6 Å². The summed E-state index contributed by atoms with van der Waals surface area (Å²) in [5, 5.41) is 5.89. The Morgan fingerprint density at radius 2 is 2.07 bits per heavy atom. The maximum Gasteiger partial charge on any atom is 0.338 e. The maximum absolute atomic E-state index is 12.8. The summed E-state index contributed by atoms with van der Waals surface area (Å²) in [6, 6.07) is 12.5. The quantitative estimate of drug-likeness (QED) is 0.715. The number of carbonyl (C=O) groups is 3. The summed E-state index contributed by atoms with van der Waals surface area (Å²) in [4.78, 5) is 39.0. The van der Waals surface area contributed by atoms with Gasteiger partial charge in [-0.15, -0.1) is 0 Å². The molecule has 0 fully saturated rings. The number of rotatable bonds is 5. The molecule has 2 aliphatic heterocycles. The second-order valence-electron chi connectivity index (χ2n) is 6.71. The molecule has 4 rings (SSSR count). The topological polar surface area (TPSA) is 97.0 Å². The minimum Gasteiger partial charge on any atom is -0.497 e. The summed E-state index contributed by atoms with van der Waals surface area (Å²) in [6.07, 6.45) is 0. The first kappa shape index (κ1) is 19.8. The van der Waals surface area contributed by atoms with Crippen molar-refractivity contribution in [1.82, 2.24) is 10.2 Å². The lowest BCUT2D eigenvalue weighted by atomic mass is 9.95. The molecule has 2 aliphatic rings. The number of hydrogen-bond donors (Lipinski definition) is 2. The molecule has 8 nitrogen and oxygen atoms in total. The minimum atomic E-state index is -0.742. The van der Waals surface area contributed by atoms with Crippen molar-refractivity contribution in [3.05, 3.63) is 70.4 Å². The van der Waals surface area contributed by atoms with Crippen molar-refractivity contribution in [2.75, 3.05) is 25.6 Å². The van der Waals surface area contributed by atoms with E-state index >= 15 is 0 Å². The van der Waals surface area contributed by atoms with E-state index in [0.717, 1.165) is 0 Å². The van der Waals surface area contributed by atoms with E-state index in [9.17, 15) is 14.4 Å². The summed E-state index contributed by atoms with van der Waals surface area (Å²) < 4.78 is 10.3. The van der Waals surface area contributed by atoms with E-state index in [0.29, 0.717) is 27.7 Å². The number of ether oxygens (including phenoxy) is 2. The standard InChI is InChI=1S/C21H18ClN3O5/c1-29-13-6-4-5-12(9-13)23-17(26)10-25-16-11-30-20(27)18(16)19(24-21(25)28)14-7-2-3-8-15(14)22/h2-9,19H,10-11H2,1H3,(H,23,26)(H,24,28)/t19-/m0/s1. The largest absolute Gasteiger partial charge is 0.497 e. The van der Waals surface area contributed by atoms with E-state index in [-0.39, 0.29) is 18.7 Å². The molecule has 9 heteroatoms. The number of carbonyl (C=O) groups excluding carboxylic acids is 3. The van der Waals surface area contributed by atoms with E-state index in [1.807, 2.05) is 0 Å². The first-order chi connectivity index (χ1) is 14.5. The molecule has 2 aromatic rings. The van der Waals surface area contributed by atoms with Crippen LogP contribution >= 0.6 is 11.6 Å². The Hall–Kier alpha value is -3.52. The number of esters is 1. The van der Waals surface area contributed by atoms with Crippen LogP contribution < -0.4 is 15.4 Å². The molecule has 2 N–H and O–H groups in total. The van der Waals surface area contributed by atoms with Gasteiger partial charge >= 0.3 is 12.0 Å². The zero-order valence-electron chi connectivity index (χ0n) is 16.0. The molecule has 0 spiro atoms. The van der Waals surface area contributed by atoms with Gasteiger partial charge in [0, 0.05) is 16.8 Å². The van der Waals surface area contributed by atoms with Gasteiger partial charge in [-0.25, -0.2) is 9.59 Å². The number of amides is 3. The van der Waals surface area contributed by atoms with E-state index in [4.69, 9.17) is 21.1 Å². The van der Waals surface area contributed by atoms with Crippen LogP contribution in [-0.4, -0.2) is 43.1 Å². The third-order valence-electron chi connectivity index (χ3n) is 4.87. The van der Waals surface area contributed by atoms with Crippen LogP contribution in [0.3, 0.4) is 0 Å². The molecule has 0 aromatic heterocycles. The Morgan fingerprint density at radius 3 is 2.83 bits per heavy atom. The van der Waals surface area contributed by atoms with Gasteiger partial charge in [0.15, 0.2) is 0 Å². The number of nitrogens with zero attached hydrogens (tertiary/aromatic N) is 1. The lowest BCUT2D eigenvalue weighted by Gasteiger charge is -2.32. The molecule has 1 atom stereocenters. The highest BCUT2D eigenvalue weighted by Gasteiger charge is 2.43. The number of urea groups is 1. The summed E-state index contributed by atoms with van der Waals surface area (Å²) in [5.41, 5.74) is 1.74. The van der Waals surface area contributed by atoms with E-state index in [1.54, 1.807) is 48.5 Å². The Balaban J connectivity index is 1.59. The van der Waals surface area contributed by atoms with Crippen LogP contribution in [0.2, 0.25) is 5.02 Å². The van der Waals surface area contributed by atoms with Gasteiger partial charge in [-0.3, -0.25) is 9.69 Å². The lowest BCUT2D eigenvalue weighted by Crippen LogP contribution is -2.49. The SMILES string of the molecule is COc1cccc(NC(=O)CN2C(=O)N[C@@H](c3ccccc3Cl)C3=C2COC3=O)c1. The fourth-order valence-electron chi connectivity index (χ4n) is 3.47. The van der Waals surface area contributed by atoms with Crippen molar-refractivity contribution in [3.8, 4) is 5.75 Å². The van der Waals surface area contributed by atoms with Crippen molar-refractivity contribution in [3.63, 3.8) is 0 Å². The molecule has 2 aromatic carbocycles. The number of anilines is 1. The first-order valence-electron chi connectivity index (χ1n) is 9.14. The third kappa shape index (κ3) is 3.69. The average molecular weight is 428 g/mol. The Labute approximate surface area is 177 Å². The highest BCUT2D eigenvalue weighted by atomic mass is 35.5. The van der Waals surface area contributed by atoms with Gasteiger partial charge in [-0.05, 0) is 23.8 Å². The normalized spacial score (nSPS) is 17.9. The lowest BCUT2D eigenvalue weighted by molar-refractivity contribution is -0.136. The van der Waals surface area contributed by atoms with Crippen LogP contribution in [-0.2, 0) is 14.3 Å². The first-order valence-corrected chi connectivity index (χ1v) is 9.52. The van der Waals surface area contributed by atoms with Gasteiger partial charge in [-0.1, -0.05) is 35.9 Å². The molecular formula is C21H18ClN3O5. The monoisotopic (exact) mass is 427 g/mol. The summed E-state index contributed by atoms with van der Waals surface area (Å²) in [6.45, 7) is -0.372.